The molecule has 0 fully saturated rings. The third-order valence-corrected chi connectivity index (χ3v) is 1.94. The molecule has 1 aromatic rings. The summed E-state index contributed by atoms with van der Waals surface area (Å²) in [6, 6.07) is 4.47. The van der Waals surface area contributed by atoms with Crippen LogP contribution in [0.3, 0.4) is 0 Å². The van der Waals surface area contributed by atoms with E-state index in [1.54, 1.807) is 13.0 Å². The highest BCUT2D eigenvalue weighted by Gasteiger charge is 2.08. The van der Waals surface area contributed by atoms with Gasteiger partial charge in [-0.2, -0.15) is 0 Å². The first-order valence-electron chi connectivity index (χ1n) is 4.05. The molecule has 0 aliphatic heterocycles. The topological polar surface area (TPSA) is 74.6 Å². The van der Waals surface area contributed by atoms with Gasteiger partial charge in [-0.3, -0.25) is 4.79 Å². The number of rotatable bonds is 3. The van der Waals surface area contributed by atoms with Gasteiger partial charge in [0.15, 0.2) is 0 Å². The van der Waals surface area contributed by atoms with E-state index in [2.05, 4.69) is 0 Å². The first-order valence-corrected chi connectivity index (χ1v) is 4.05. The second-order valence-electron chi connectivity index (χ2n) is 3.02. The largest absolute Gasteiger partial charge is 0.481 e. The number of hydrogen-bond acceptors (Lipinski definition) is 2. The van der Waals surface area contributed by atoms with E-state index in [4.69, 9.17) is 10.2 Å². The van der Waals surface area contributed by atoms with Crippen LogP contribution in [0.2, 0.25) is 0 Å². The van der Waals surface area contributed by atoms with Crippen LogP contribution in [0.15, 0.2) is 18.2 Å². The molecule has 74 valence electrons. The van der Waals surface area contributed by atoms with E-state index < -0.39 is 11.9 Å². The number of aryl methyl sites for hydroxylation is 1. The summed E-state index contributed by atoms with van der Waals surface area (Å²) in [4.78, 5) is 21.1. The van der Waals surface area contributed by atoms with Gasteiger partial charge in [0.2, 0.25) is 0 Å². The van der Waals surface area contributed by atoms with Gasteiger partial charge in [-0.05, 0) is 30.2 Å². The summed E-state index contributed by atoms with van der Waals surface area (Å²) < 4.78 is 0. The normalized spacial score (nSPS) is 9.79. The van der Waals surface area contributed by atoms with Crippen LogP contribution >= 0.6 is 0 Å². The van der Waals surface area contributed by atoms with Gasteiger partial charge in [0.05, 0.1) is 12.0 Å². The van der Waals surface area contributed by atoms with Gasteiger partial charge < -0.3 is 10.2 Å². The number of hydrogen-bond donors (Lipinski definition) is 2. The zero-order valence-electron chi connectivity index (χ0n) is 7.65. The quantitative estimate of drug-likeness (QED) is 0.760. The lowest BCUT2D eigenvalue weighted by atomic mass is 10.0. The SMILES string of the molecule is Cc1ccc(C(=O)O)cc1CC(=O)O. The summed E-state index contributed by atoms with van der Waals surface area (Å²) in [6.07, 6.45) is -0.146. The van der Waals surface area contributed by atoms with Crippen molar-refractivity contribution in [3.8, 4) is 0 Å². The first kappa shape index (κ1) is 10.2. The maximum absolute atomic E-state index is 10.6. The summed E-state index contributed by atoms with van der Waals surface area (Å²) in [6.45, 7) is 1.75. The fourth-order valence-corrected chi connectivity index (χ4v) is 1.16. The summed E-state index contributed by atoms with van der Waals surface area (Å²) in [5.74, 6) is -2.01. The van der Waals surface area contributed by atoms with Crippen LogP contribution in [-0.4, -0.2) is 22.2 Å². The van der Waals surface area contributed by atoms with Crippen molar-refractivity contribution in [3.05, 3.63) is 34.9 Å². The number of carboxylic acid groups (broad SMARTS) is 2. The lowest BCUT2D eigenvalue weighted by Crippen LogP contribution is -2.04. The van der Waals surface area contributed by atoms with Crippen LogP contribution < -0.4 is 0 Å². The second kappa shape index (κ2) is 3.91. The van der Waals surface area contributed by atoms with Crippen molar-refractivity contribution in [3.63, 3.8) is 0 Å². The Kier molecular flexibility index (Phi) is 2.86. The monoisotopic (exact) mass is 194 g/mol. The third kappa shape index (κ3) is 2.32. The van der Waals surface area contributed by atoms with Crippen LogP contribution in [0, 0.1) is 6.92 Å². The Morgan fingerprint density at radius 2 is 1.93 bits per heavy atom. The molecule has 0 spiro atoms. The Morgan fingerprint density at radius 3 is 2.43 bits per heavy atom. The Balaban J connectivity index is 3.08. The summed E-state index contributed by atoms with van der Waals surface area (Å²) >= 11 is 0. The molecule has 14 heavy (non-hydrogen) atoms. The lowest BCUT2D eigenvalue weighted by molar-refractivity contribution is -0.136. The molecule has 4 heteroatoms. The molecule has 0 aliphatic rings. The van der Waals surface area contributed by atoms with E-state index in [9.17, 15) is 9.59 Å². The Bertz CT molecular complexity index is 382. The maximum atomic E-state index is 10.6. The minimum atomic E-state index is -1.04. The van der Waals surface area contributed by atoms with Gasteiger partial charge in [-0.1, -0.05) is 6.07 Å². The molecule has 2 N–H and O–H groups in total. The summed E-state index contributed by atoms with van der Waals surface area (Å²) in [7, 11) is 0. The fraction of sp³-hybridized carbons (Fsp3) is 0.200. The standard InChI is InChI=1S/C10H10O4/c1-6-2-3-7(10(13)14)4-8(6)5-9(11)12/h2-4H,5H2,1H3,(H,11,12)(H,13,14). The predicted octanol–water partition coefficient (Wildman–Crippen LogP) is 1.32. The van der Waals surface area contributed by atoms with Crippen molar-refractivity contribution in [2.24, 2.45) is 0 Å². The fourth-order valence-electron chi connectivity index (χ4n) is 1.16. The van der Waals surface area contributed by atoms with Gasteiger partial charge in [0.1, 0.15) is 0 Å². The Hall–Kier alpha value is -1.84. The van der Waals surface area contributed by atoms with Gasteiger partial charge in [-0.15, -0.1) is 0 Å². The molecular formula is C10H10O4. The average Bonchev–Trinajstić information content (AvgIpc) is 2.07. The molecule has 0 atom stereocenters. The van der Waals surface area contributed by atoms with Gasteiger partial charge >= 0.3 is 11.9 Å². The highest BCUT2D eigenvalue weighted by atomic mass is 16.4. The van der Waals surface area contributed by atoms with Crippen LogP contribution in [0.5, 0.6) is 0 Å². The third-order valence-electron chi connectivity index (χ3n) is 1.94. The molecule has 0 saturated heterocycles. The van der Waals surface area contributed by atoms with E-state index in [0.717, 1.165) is 5.56 Å². The van der Waals surface area contributed by atoms with Crippen molar-refractivity contribution < 1.29 is 19.8 Å². The van der Waals surface area contributed by atoms with E-state index in [1.807, 2.05) is 0 Å². The molecule has 1 aromatic carbocycles. The smallest absolute Gasteiger partial charge is 0.335 e. The number of aliphatic carboxylic acids is 1. The molecule has 0 unspecified atom stereocenters. The predicted molar refractivity (Wildman–Crippen MR) is 49.5 cm³/mol. The molecular weight excluding hydrogens is 184 g/mol. The zero-order valence-corrected chi connectivity index (χ0v) is 7.65. The van der Waals surface area contributed by atoms with Gasteiger partial charge in [-0.25, -0.2) is 4.79 Å². The van der Waals surface area contributed by atoms with Crippen LogP contribution in [0.25, 0.3) is 0 Å². The highest BCUT2D eigenvalue weighted by molar-refractivity contribution is 5.88. The zero-order chi connectivity index (χ0) is 10.7. The highest BCUT2D eigenvalue weighted by Crippen LogP contribution is 2.12. The molecule has 0 aromatic heterocycles. The minimum Gasteiger partial charge on any atom is -0.481 e. The number of benzene rings is 1. The van der Waals surface area contributed by atoms with Crippen molar-refractivity contribution >= 4 is 11.9 Å². The van der Waals surface area contributed by atoms with Crippen molar-refractivity contribution in [2.45, 2.75) is 13.3 Å². The van der Waals surface area contributed by atoms with Gasteiger partial charge in [0.25, 0.3) is 0 Å². The minimum absolute atomic E-state index is 0.117. The first-order chi connectivity index (χ1) is 6.50. The molecule has 0 saturated carbocycles. The summed E-state index contributed by atoms with van der Waals surface area (Å²) in [5.41, 5.74) is 1.45. The molecule has 0 bridgehead atoms. The lowest BCUT2D eigenvalue weighted by Gasteiger charge is -2.03. The van der Waals surface area contributed by atoms with E-state index in [1.165, 1.54) is 12.1 Å². The Labute approximate surface area is 80.8 Å². The number of carbonyl (C=O) groups is 2. The molecule has 0 aliphatic carbocycles. The summed E-state index contributed by atoms with van der Waals surface area (Å²) in [5, 5.41) is 17.3. The number of aromatic carboxylic acids is 1. The van der Waals surface area contributed by atoms with Crippen LogP contribution in [-0.2, 0) is 11.2 Å². The second-order valence-corrected chi connectivity index (χ2v) is 3.02. The van der Waals surface area contributed by atoms with E-state index in [-0.39, 0.29) is 12.0 Å². The number of carboxylic acids is 2. The average molecular weight is 194 g/mol. The van der Waals surface area contributed by atoms with Crippen LogP contribution in [0.1, 0.15) is 21.5 Å². The van der Waals surface area contributed by atoms with Crippen molar-refractivity contribution in [2.75, 3.05) is 0 Å². The van der Waals surface area contributed by atoms with Gasteiger partial charge in [0, 0.05) is 0 Å². The van der Waals surface area contributed by atoms with Crippen molar-refractivity contribution in [1.29, 1.82) is 0 Å². The van der Waals surface area contributed by atoms with Crippen molar-refractivity contribution in [1.82, 2.24) is 0 Å². The Morgan fingerprint density at radius 1 is 1.29 bits per heavy atom. The van der Waals surface area contributed by atoms with Crippen LogP contribution in [0.4, 0.5) is 0 Å². The maximum Gasteiger partial charge on any atom is 0.335 e. The molecule has 4 nitrogen and oxygen atoms in total. The van der Waals surface area contributed by atoms with E-state index >= 15 is 0 Å². The van der Waals surface area contributed by atoms with E-state index in [0.29, 0.717) is 5.56 Å². The molecule has 0 amide bonds. The molecule has 0 radical (unpaired) electrons. The molecule has 0 heterocycles. The molecule has 1 rings (SSSR count).